The lowest BCUT2D eigenvalue weighted by molar-refractivity contribution is -0.138. The lowest BCUT2D eigenvalue weighted by Crippen LogP contribution is -2.30. The van der Waals surface area contributed by atoms with E-state index in [0.29, 0.717) is 6.61 Å². The summed E-state index contributed by atoms with van der Waals surface area (Å²) in [4.78, 5) is 0. The van der Waals surface area contributed by atoms with Crippen LogP contribution >= 0.6 is 0 Å². The molecule has 0 spiro atoms. The Labute approximate surface area is 110 Å². The fourth-order valence-corrected chi connectivity index (χ4v) is 1.64. The molecule has 19 heavy (non-hydrogen) atoms. The normalized spacial score (nSPS) is 13.5. The summed E-state index contributed by atoms with van der Waals surface area (Å²) >= 11 is 0. The fraction of sp³-hybridized carbons (Fsp3) is 0.538. The van der Waals surface area contributed by atoms with E-state index in [1.165, 1.54) is 12.1 Å². The maximum atomic E-state index is 12.7. The summed E-state index contributed by atoms with van der Waals surface area (Å²) < 4.78 is 43.1. The highest BCUT2D eigenvalue weighted by atomic mass is 19.4. The number of nitrogens with one attached hydrogen (secondary N) is 1. The van der Waals surface area contributed by atoms with Crippen LogP contribution in [0.3, 0.4) is 0 Å². The Hall–Kier alpha value is -1.11. The molecule has 1 atom stereocenters. The van der Waals surface area contributed by atoms with Gasteiger partial charge in [0.05, 0.1) is 18.3 Å². The van der Waals surface area contributed by atoms with Gasteiger partial charge in [0.15, 0.2) is 0 Å². The molecule has 0 radical (unpaired) electrons. The molecule has 0 saturated carbocycles. The Morgan fingerprint density at radius 1 is 1.32 bits per heavy atom. The second-order valence-electron chi connectivity index (χ2n) is 4.10. The fourth-order valence-electron chi connectivity index (χ4n) is 1.64. The minimum atomic E-state index is -4.36. The third kappa shape index (κ3) is 5.59. The monoisotopic (exact) mass is 277 g/mol. The molecule has 2 N–H and O–H groups in total. The maximum Gasteiger partial charge on any atom is 0.416 e. The number of alkyl halides is 3. The van der Waals surface area contributed by atoms with Crippen molar-refractivity contribution in [1.82, 2.24) is 5.32 Å². The van der Waals surface area contributed by atoms with Gasteiger partial charge in [0.25, 0.3) is 0 Å². The van der Waals surface area contributed by atoms with Crippen LogP contribution in [0.4, 0.5) is 13.2 Å². The number of aliphatic hydroxyl groups is 1. The van der Waals surface area contributed by atoms with Crippen molar-refractivity contribution in [3.8, 4) is 0 Å². The van der Waals surface area contributed by atoms with E-state index in [-0.39, 0.29) is 25.3 Å². The molecule has 0 bridgehead atoms. The first-order chi connectivity index (χ1) is 8.95. The van der Waals surface area contributed by atoms with Crippen LogP contribution in [0.5, 0.6) is 0 Å². The summed E-state index contributed by atoms with van der Waals surface area (Å²) in [7, 11) is 0. The quantitative estimate of drug-likeness (QED) is 0.802. The summed E-state index contributed by atoms with van der Waals surface area (Å²) in [6.07, 6.45) is -5.08. The molecule has 0 aliphatic carbocycles. The van der Waals surface area contributed by atoms with Gasteiger partial charge in [0.2, 0.25) is 0 Å². The van der Waals surface area contributed by atoms with Gasteiger partial charge in [-0.05, 0) is 18.6 Å². The van der Waals surface area contributed by atoms with Crippen molar-refractivity contribution in [3.05, 3.63) is 35.4 Å². The molecule has 108 valence electrons. The van der Waals surface area contributed by atoms with Crippen LogP contribution in [-0.4, -0.2) is 31.0 Å². The lowest BCUT2D eigenvalue weighted by atomic mass is 10.1. The van der Waals surface area contributed by atoms with Crippen LogP contribution in [0.15, 0.2) is 24.3 Å². The van der Waals surface area contributed by atoms with Gasteiger partial charge in [-0.2, -0.15) is 13.2 Å². The van der Waals surface area contributed by atoms with Crippen LogP contribution in [-0.2, 0) is 17.5 Å². The lowest BCUT2D eigenvalue weighted by Gasteiger charge is -2.15. The number of ether oxygens (including phenoxy) is 1. The van der Waals surface area contributed by atoms with Crippen molar-refractivity contribution in [3.63, 3.8) is 0 Å². The van der Waals surface area contributed by atoms with Crippen molar-refractivity contribution < 1.29 is 23.0 Å². The molecule has 1 unspecified atom stereocenters. The van der Waals surface area contributed by atoms with E-state index < -0.39 is 17.8 Å². The highest BCUT2D eigenvalue weighted by Gasteiger charge is 2.32. The number of benzene rings is 1. The Bertz CT molecular complexity index is 382. The first kappa shape index (κ1) is 15.9. The predicted octanol–water partition coefficient (Wildman–Crippen LogP) is 2.19. The SMILES string of the molecule is CCOCC(O)CNCc1ccccc1C(F)(F)F. The smallest absolute Gasteiger partial charge is 0.389 e. The Kier molecular flexibility index (Phi) is 6.27. The van der Waals surface area contributed by atoms with Gasteiger partial charge in [-0.15, -0.1) is 0 Å². The van der Waals surface area contributed by atoms with Crippen molar-refractivity contribution in [1.29, 1.82) is 0 Å². The van der Waals surface area contributed by atoms with Gasteiger partial charge in [-0.1, -0.05) is 18.2 Å². The Morgan fingerprint density at radius 3 is 2.63 bits per heavy atom. The van der Waals surface area contributed by atoms with E-state index in [4.69, 9.17) is 4.74 Å². The number of aliphatic hydroxyl groups excluding tert-OH is 1. The molecule has 0 aliphatic rings. The average molecular weight is 277 g/mol. The highest BCUT2D eigenvalue weighted by Crippen LogP contribution is 2.31. The summed E-state index contributed by atoms with van der Waals surface area (Å²) in [5.74, 6) is 0. The second kappa shape index (κ2) is 7.47. The van der Waals surface area contributed by atoms with Crippen molar-refractivity contribution in [2.24, 2.45) is 0 Å². The molecule has 0 aromatic heterocycles. The molecule has 0 heterocycles. The molecule has 0 aliphatic heterocycles. The zero-order chi connectivity index (χ0) is 14.3. The predicted molar refractivity (Wildman–Crippen MR) is 65.7 cm³/mol. The molecular formula is C13H18F3NO2. The molecule has 0 fully saturated rings. The Balaban J connectivity index is 2.50. The molecule has 0 saturated heterocycles. The van der Waals surface area contributed by atoms with E-state index in [2.05, 4.69) is 5.32 Å². The minimum Gasteiger partial charge on any atom is -0.389 e. The highest BCUT2D eigenvalue weighted by molar-refractivity contribution is 5.29. The molecule has 3 nitrogen and oxygen atoms in total. The first-order valence-electron chi connectivity index (χ1n) is 6.06. The van der Waals surface area contributed by atoms with Gasteiger partial charge < -0.3 is 15.2 Å². The number of hydrogen-bond acceptors (Lipinski definition) is 3. The van der Waals surface area contributed by atoms with E-state index in [9.17, 15) is 18.3 Å². The largest absolute Gasteiger partial charge is 0.416 e. The standard InChI is InChI=1S/C13H18F3NO2/c1-2-19-9-11(18)8-17-7-10-5-3-4-6-12(10)13(14,15)16/h3-6,11,17-18H,2,7-9H2,1H3. The number of hydrogen-bond donors (Lipinski definition) is 2. The summed E-state index contributed by atoms with van der Waals surface area (Å²) in [6, 6.07) is 5.39. The maximum absolute atomic E-state index is 12.7. The van der Waals surface area contributed by atoms with Crippen LogP contribution < -0.4 is 5.32 Å². The van der Waals surface area contributed by atoms with Crippen LogP contribution in [0.2, 0.25) is 0 Å². The average Bonchev–Trinajstić information content (AvgIpc) is 2.35. The molecule has 1 rings (SSSR count). The third-order valence-electron chi connectivity index (χ3n) is 2.53. The molecular weight excluding hydrogens is 259 g/mol. The Morgan fingerprint density at radius 2 is 2.00 bits per heavy atom. The minimum absolute atomic E-state index is 0.0544. The zero-order valence-corrected chi connectivity index (χ0v) is 10.7. The summed E-state index contributed by atoms with van der Waals surface area (Å²) in [6.45, 7) is 2.71. The topological polar surface area (TPSA) is 41.5 Å². The van der Waals surface area contributed by atoms with Crippen molar-refractivity contribution >= 4 is 0 Å². The summed E-state index contributed by atoms with van der Waals surface area (Å²) in [5.41, 5.74) is -0.486. The number of rotatable bonds is 7. The van der Waals surface area contributed by atoms with Crippen molar-refractivity contribution in [2.45, 2.75) is 25.7 Å². The number of halogens is 3. The van der Waals surface area contributed by atoms with Crippen LogP contribution in [0.25, 0.3) is 0 Å². The van der Waals surface area contributed by atoms with E-state index in [1.54, 1.807) is 13.0 Å². The van der Waals surface area contributed by atoms with Gasteiger partial charge in [-0.25, -0.2) is 0 Å². The van der Waals surface area contributed by atoms with Crippen molar-refractivity contribution in [2.75, 3.05) is 19.8 Å². The van der Waals surface area contributed by atoms with E-state index in [0.717, 1.165) is 6.07 Å². The van der Waals surface area contributed by atoms with Gasteiger partial charge in [0, 0.05) is 19.7 Å². The van der Waals surface area contributed by atoms with Gasteiger partial charge >= 0.3 is 6.18 Å². The second-order valence-corrected chi connectivity index (χ2v) is 4.10. The third-order valence-corrected chi connectivity index (χ3v) is 2.53. The van der Waals surface area contributed by atoms with Gasteiger partial charge in [0.1, 0.15) is 0 Å². The molecule has 6 heteroatoms. The van der Waals surface area contributed by atoms with Crippen LogP contribution in [0.1, 0.15) is 18.1 Å². The molecule has 0 amide bonds. The molecule has 1 aromatic rings. The van der Waals surface area contributed by atoms with Crippen LogP contribution in [0, 0.1) is 0 Å². The molecule has 1 aromatic carbocycles. The first-order valence-corrected chi connectivity index (χ1v) is 6.06. The van der Waals surface area contributed by atoms with E-state index in [1.807, 2.05) is 0 Å². The summed E-state index contributed by atoms with van der Waals surface area (Å²) in [5, 5.41) is 12.3. The van der Waals surface area contributed by atoms with E-state index >= 15 is 0 Å². The van der Waals surface area contributed by atoms with Gasteiger partial charge in [-0.3, -0.25) is 0 Å². The zero-order valence-electron chi connectivity index (χ0n) is 10.7.